The minimum Gasteiger partial charge on any atom is -0.210 e. The maximum Gasteiger partial charge on any atom is 0.244 e. The molecule has 1 aliphatic carbocycles. The molecule has 1 saturated carbocycles. The Labute approximate surface area is 67.0 Å². The van der Waals surface area contributed by atoms with Gasteiger partial charge in [-0.2, -0.15) is 0 Å². The van der Waals surface area contributed by atoms with E-state index in [-0.39, 0.29) is 0 Å². The second kappa shape index (κ2) is 3.08. The molecule has 0 amide bonds. The number of rotatable bonds is 3. The third-order valence-electron chi connectivity index (χ3n) is 2.63. The molecule has 0 N–H and O–H groups in total. The number of alkyl halides is 2. The first-order valence-electron chi connectivity index (χ1n) is 4.35. The number of hydrogen-bond acceptors (Lipinski definition) is 0. The highest BCUT2D eigenvalue weighted by Gasteiger charge is 2.45. The van der Waals surface area contributed by atoms with Crippen LogP contribution in [0, 0.1) is 11.3 Å². The Bertz CT molecular complexity index is 126. The summed E-state index contributed by atoms with van der Waals surface area (Å²) in [6.07, 6.45) is 1.08. The molecule has 0 aromatic rings. The van der Waals surface area contributed by atoms with Crippen LogP contribution >= 0.6 is 0 Å². The SMILES string of the molecule is CC(C)CC1(C(F)F)CCC1. The quantitative estimate of drug-likeness (QED) is 0.596. The summed E-state index contributed by atoms with van der Waals surface area (Å²) in [7, 11) is 0. The fourth-order valence-corrected chi connectivity index (χ4v) is 1.96. The lowest BCUT2D eigenvalue weighted by Crippen LogP contribution is -2.37. The Morgan fingerprint density at radius 3 is 1.91 bits per heavy atom. The standard InChI is InChI=1S/C9H16F2/c1-7(2)6-9(8(10)11)4-3-5-9/h7-8H,3-6H2,1-2H3. The normalized spacial score (nSPS) is 22.4. The highest BCUT2D eigenvalue weighted by Crippen LogP contribution is 2.50. The average Bonchev–Trinajstić information content (AvgIpc) is 1.77. The van der Waals surface area contributed by atoms with Gasteiger partial charge in [-0.25, -0.2) is 8.78 Å². The van der Waals surface area contributed by atoms with Crippen molar-refractivity contribution >= 4 is 0 Å². The van der Waals surface area contributed by atoms with Crippen molar-refractivity contribution in [3.05, 3.63) is 0 Å². The summed E-state index contributed by atoms with van der Waals surface area (Å²) in [6, 6.07) is 0. The van der Waals surface area contributed by atoms with Gasteiger partial charge in [-0.1, -0.05) is 20.3 Å². The van der Waals surface area contributed by atoms with E-state index >= 15 is 0 Å². The molecule has 0 atom stereocenters. The molecule has 0 aromatic heterocycles. The van der Waals surface area contributed by atoms with E-state index in [0.29, 0.717) is 12.3 Å². The summed E-state index contributed by atoms with van der Waals surface area (Å²) >= 11 is 0. The van der Waals surface area contributed by atoms with Gasteiger partial charge in [0.25, 0.3) is 0 Å². The highest BCUT2D eigenvalue weighted by molar-refractivity contribution is 4.90. The van der Waals surface area contributed by atoms with Crippen LogP contribution in [0.4, 0.5) is 8.78 Å². The topological polar surface area (TPSA) is 0 Å². The first-order chi connectivity index (χ1) is 5.07. The molecule has 1 rings (SSSR count). The third-order valence-corrected chi connectivity index (χ3v) is 2.63. The van der Waals surface area contributed by atoms with Crippen LogP contribution in [-0.2, 0) is 0 Å². The minimum absolute atomic E-state index is 0.407. The van der Waals surface area contributed by atoms with Gasteiger partial charge in [-0.15, -0.1) is 0 Å². The van der Waals surface area contributed by atoms with Gasteiger partial charge in [0.05, 0.1) is 0 Å². The van der Waals surface area contributed by atoms with Crippen molar-refractivity contribution in [3.8, 4) is 0 Å². The molecule has 0 spiro atoms. The van der Waals surface area contributed by atoms with Gasteiger partial charge in [0.1, 0.15) is 0 Å². The van der Waals surface area contributed by atoms with Crippen LogP contribution in [0.2, 0.25) is 0 Å². The molecule has 0 radical (unpaired) electrons. The maximum absolute atomic E-state index is 12.5. The van der Waals surface area contributed by atoms with Crippen LogP contribution in [0.1, 0.15) is 39.5 Å². The van der Waals surface area contributed by atoms with E-state index in [2.05, 4.69) is 0 Å². The summed E-state index contributed by atoms with van der Waals surface area (Å²) in [5.74, 6) is 0.407. The van der Waals surface area contributed by atoms with Crippen molar-refractivity contribution in [3.63, 3.8) is 0 Å². The summed E-state index contributed by atoms with van der Waals surface area (Å²) in [6.45, 7) is 4.03. The predicted molar refractivity (Wildman–Crippen MR) is 41.7 cm³/mol. The molecule has 0 saturated heterocycles. The van der Waals surface area contributed by atoms with Crippen molar-refractivity contribution in [2.75, 3.05) is 0 Å². The first kappa shape index (κ1) is 8.95. The van der Waals surface area contributed by atoms with Gasteiger partial charge in [0.15, 0.2) is 0 Å². The van der Waals surface area contributed by atoms with Gasteiger partial charge >= 0.3 is 0 Å². The zero-order chi connectivity index (χ0) is 8.48. The maximum atomic E-state index is 12.5. The molecular weight excluding hydrogens is 146 g/mol. The van der Waals surface area contributed by atoms with Crippen molar-refractivity contribution in [1.29, 1.82) is 0 Å². The lowest BCUT2D eigenvalue weighted by atomic mass is 9.65. The second-order valence-corrected chi connectivity index (χ2v) is 4.11. The van der Waals surface area contributed by atoms with Gasteiger partial charge < -0.3 is 0 Å². The van der Waals surface area contributed by atoms with Crippen molar-refractivity contribution in [2.45, 2.75) is 46.0 Å². The molecule has 0 aromatic carbocycles. The minimum atomic E-state index is -2.10. The molecule has 0 nitrogen and oxygen atoms in total. The van der Waals surface area contributed by atoms with E-state index in [1.807, 2.05) is 13.8 Å². The van der Waals surface area contributed by atoms with Crippen LogP contribution in [0.15, 0.2) is 0 Å². The van der Waals surface area contributed by atoms with E-state index in [1.165, 1.54) is 0 Å². The van der Waals surface area contributed by atoms with Gasteiger partial charge in [0.2, 0.25) is 6.43 Å². The molecule has 0 aliphatic heterocycles. The zero-order valence-electron chi connectivity index (χ0n) is 7.24. The molecule has 0 bridgehead atoms. The van der Waals surface area contributed by atoms with Crippen molar-refractivity contribution < 1.29 is 8.78 Å². The number of halogens is 2. The lowest BCUT2D eigenvalue weighted by molar-refractivity contribution is -0.0733. The Morgan fingerprint density at radius 2 is 1.82 bits per heavy atom. The molecule has 1 aliphatic rings. The predicted octanol–water partition coefficient (Wildman–Crippen LogP) is 3.47. The fraction of sp³-hybridized carbons (Fsp3) is 1.00. The summed E-state index contributed by atoms with van der Waals surface area (Å²) in [5, 5.41) is 0. The molecule has 66 valence electrons. The zero-order valence-corrected chi connectivity index (χ0v) is 7.24. The van der Waals surface area contributed by atoms with Gasteiger partial charge in [-0.3, -0.25) is 0 Å². The Balaban J connectivity index is 2.47. The molecule has 0 heterocycles. The second-order valence-electron chi connectivity index (χ2n) is 4.11. The van der Waals surface area contributed by atoms with Crippen LogP contribution in [-0.4, -0.2) is 6.43 Å². The molecule has 0 unspecified atom stereocenters. The van der Waals surface area contributed by atoms with Crippen LogP contribution in [0.5, 0.6) is 0 Å². The molecule has 1 fully saturated rings. The Hall–Kier alpha value is -0.140. The highest BCUT2D eigenvalue weighted by atomic mass is 19.3. The lowest BCUT2D eigenvalue weighted by Gasteiger charge is -2.42. The van der Waals surface area contributed by atoms with E-state index < -0.39 is 11.8 Å². The van der Waals surface area contributed by atoms with Crippen molar-refractivity contribution in [2.24, 2.45) is 11.3 Å². The van der Waals surface area contributed by atoms with Crippen LogP contribution < -0.4 is 0 Å². The average molecular weight is 162 g/mol. The molecular formula is C9H16F2. The summed E-state index contributed by atoms with van der Waals surface area (Å²) in [4.78, 5) is 0. The summed E-state index contributed by atoms with van der Waals surface area (Å²) in [5.41, 5.74) is -0.589. The molecule has 2 heteroatoms. The first-order valence-corrected chi connectivity index (χ1v) is 4.35. The van der Waals surface area contributed by atoms with E-state index in [1.54, 1.807) is 0 Å². The van der Waals surface area contributed by atoms with Crippen LogP contribution in [0.25, 0.3) is 0 Å². The van der Waals surface area contributed by atoms with Crippen molar-refractivity contribution in [1.82, 2.24) is 0 Å². The number of hydrogen-bond donors (Lipinski definition) is 0. The smallest absolute Gasteiger partial charge is 0.210 e. The van der Waals surface area contributed by atoms with E-state index in [0.717, 1.165) is 19.3 Å². The Morgan fingerprint density at radius 1 is 1.27 bits per heavy atom. The largest absolute Gasteiger partial charge is 0.244 e. The van der Waals surface area contributed by atoms with Crippen LogP contribution in [0.3, 0.4) is 0 Å². The molecule has 11 heavy (non-hydrogen) atoms. The van der Waals surface area contributed by atoms with E-state index in [4.69, 9.17) is 0 Å². The Kier molecular flexibility index (Phi) is 2.50. The van der Waals surface area contributed by atoms with Gasteiger partial charge in [-0.05, 0) is 25.2 Å². The van der Waals surface area contributed by atoms with Gasteiger partial charge in [0, 0.05) is 5.41 Å². The monoisotopic (exact) mass is 162 g/mol. The fourth-order valence-electron chi connectivity index (χ4n) is 1.96. The third kappa shape index (κ3) is 1.71. The van der Waals surface area contributed by atoms with E-state index in [9.17, 15) is 8.78 Å². The summed E-state index contributed by atoms with van der Waals surface area (Å²) < 4.78 is 25.0.